The van der Waals surface area contributed by atoms with Gasteiger partial charge in [-0.3, -0.25) is 4.84 Å². The summed E-state index contributed by atoms with van der Waals surface area (Å²) in [7, 11) is 0. The number of anilines is 1. The Labute approximate surface area is 66.0 Å². The molecule has 0 unspecified atom stereocenters. The minimum atomic E-state index is -1.04. The van der Waals surface area contributed by atoms with Crippen LogP contribution >= 0.6 is 11.5 Å². The third-order valence-corrected chi connectivity index (χ3v) is 1.28. The van der Waals surface area contributed by atoms with Gasteiger partial charge in [-0.15, -0.1) is 0 Å². The second kappa shape index (κ2) is 3.84. The molecule has 0 aliphatic heterocycles. The number of carboxylic acid groups (broad SMARTS) is 1. The molecule has 60 valence electrons. The number of nitrogens with zero attached hydrogens (tertiary/aromatic N) is 2. The highest BCUT2D eigenvalue weighted by atomic mass is 32.1. The zero-order valence-electron chi connectivity index (χ0n) is 5.35. The van der Waals surface area contributed by atoms with E-state index in [1.807, 2.05) is 0 Å². The van der Waals surface area contributed by atoms with Gasteiger partial charge >= 0.3 is 5.97 Å². The van der Waals surface area contributed by atoms with Crippen LogP contribution < -0.4 is 5.48 Å². The van der Waals surface area contributed by atoms with E-state index in [1.54, 1.807) is 0 Å². The smallest absolute Gasteiger partial charge is 0.332 e. The van der Waals surface area contributed by atoms with Crippen molar-refractivity contribution in [2.75, 3.05) is 12.1 Å². The quantitative estimate of drug-likeness (QED) is 0.625. The van der Waals surface area contributed by atoms with Gasteiger partial charge in [0.25, 0.3) is 0 Å². The molecular formula is C4H5N3O3S. The van der Waals surface area contributed by atoms with Gasteiger partial charge in [-0.1, -0.05) is 0 Å². The van der Waals surface area contributed by atoms with Crippen LogP contribution in [0.1, 0.15) is 0 Å². The van der Waals surface area contributed by atoms with E-state index in [2.05, 4.69) is 19.7 Å². The Morgan fingerprint density at radius 1 is 1.91 bits per heavy atom. The fraction of sp³-hybridized carbons (Fsp3) is 0.250. The summed E-state index contributed by atoms with van der Waals surface area (Å²) in [6.07, 6.45) is 1.34. The number of rotatable bonds is 4. The fourth-order valence-corrected chi connectivity index (χ4v) is 0.762. The van der Waals surface area contributed by atoms with Crippen LogP contribution in [0.4, 0.5) is 5.13 Å². The number of hydrogen-bond acceptors (Lipinski definition) is 6. The summed E-state index contributed by atoms with van der Waals surface area (Å²) in [5.74, 6) is -1.04. The Kier molecular flexibility index (Phi) is 2.75. The second-order valence-corrected chi connectivity index (χ2v) is 2.31. The van der Waals surface area contributed by atoms with Gasteiger partial charge < -0.3 is 5.11 Å². The van der Waals surface area contributed by atoms with E-state index in [-0.39, 0.29) is 0 Å². The van der Waals surface area contributed by atoms with Crippen molar-refractivity contribution >= 4 is 22.6 Å². The van der Waals surface area contributed by atoms with Crippen molar-refractivity contribution < 1.29 is 14.7 Å². The van der Waals surface area contributed by atoms with E-state index >= 15 is 0 Å². The van der Waals surface area contributed by atoms with Crippen LogP contribution in [0, 0.1) is 0 Å². The van der Waals surface area contributed by atoms with Gasteiger partial charge in [-0.05, 0) is 0 Å². The standard InChI is InChI=1S/C4H5N3O3S/c8-3(9)1-10-7-4-5-2-6-11-4/h2H,1H2,(H,8,9)(H,5,6,7). The molecular weight excluding hydrogens is 170 g/mol. The van der Waals surface area contributed by atoms with E-state index in [0.29, 0.717) is 5.13 Å². The lowest BCUT2D eigenvalue weighted by atomic mass is 10.8. The Morgan fingerprint density at radius 3 is 3.27 bits per heavy atom. The normalized spacial score (nSPS) is 9.45. The molecule has 0 bridgehead atoms. The summed E-state index contributed by atoms with van der Waals surface area (Å²) < 4.78 is 3.66. The van der Waals surface area contributed by atoms with Crippen molar-refractivity contribution in [2.45, 2.75) is 0 Å². The van der Waals surface area contributed by atoms with Crippen molar-refractivity contribution in [1.29, 1.82) is 0 Å². The monoisotopic (exact) mass is 175 g/mol. The van der Waals surface area contributed by atoms with Gasteiger partial charge in [0, 0.05) is 11.5 Å². The lowest BCUT2D eigenvalue weighted by molar-refractivity contribution is -0.141. The zero-order valence-corrected chi connectivity index (χ0v) is 6.17. The SMILES string of the molecule is O=C(O)CONc1ncns1. The Bertz CT molecular complexity index is 224. The van der Waals surface area contributed by atoms with Gasteiger partial charge in [-0.2, -0.15) is 4.37 Å². The first-order chi connectivity index (χ1) is 5.29. The zero-order chi connectivity index (χ0) is 8.10. The Hall–Kier alpha value is -1.21. The molecule has 6 nitrogen and oxygen atoms in total. The van der Waals surface area contributed by atoms with Crippen LogP contribution in [0.2, 0.25) is 0 Å². The molecule has 11 heavy (non-hydrogen) atoms. The Balaban J connectivity index is 2.19. The first-order valence-corrected chi connectivity index (χ1v) is 3.42. The summed E-state index contributed by atoms with van der Waals surface area (Å²) >= 11 is 1.08. The summed E-state index contributed by atoms with van der Waals surface area (Å²) in [6, 6.07) is 0. The molecule has 0 aromatic carbocycles. The lowest BCUT2D eigenvalue weighted by Gasteiger charge is -1.97. The number of hydrogen-bond donors (Lipinski definition) is 2. The maximum atomic E-state index is 9.93. The van der Waals surface area contributed by atoms with E-state index < -0.39 is 12.6 Å². The first kappa shape index (κ1) is 7.89. The molecule has 0 saturated heterocycles. The van der Waals surface area contributed by atoms with Gasteiger partial charge in [0.05, 0.1) is 0 Å². The van der Waals surface area contributed by atoms with E-state index in [1.165, 1.54) is 6.33 Å². The molecule has 1 heterocycles. The predicted molar refractivity (Wildman–Crippen MR) is 37.1 cm³/mol. The Morgan fingerprint density at radius 2 is 2.73 bits per heavy atom. The van der Waals surface area contributed by atoms with Crippen LogP contribution in [0.5, 0.6) is 0 Å². The van der Waals surface area contributed by atoms with Crippen molar-refractivity contribution in [3.05, 3.63) is 6.33 Å². The fourth-order valence-electron chi connectivity index (χ4n) is 0.378. The van der Waals surface area contributed by atoms with Gasteiger partial charge in [-0.25, -0.2) is 15.3 Å². The highest BCUT2D eigenvalue weighted by molar-refractivity contribution is 7.09. The van der Waals surface area contributed by atoms with Crippen LogP contribution in [0.3, 0.4) is 0 Å². The highest BCUT2D eigenvalue weighted by Crippen LogP contribution is 2.05. The number of carboxylic acids is 1. The van der Waals surface area contributed by atoms with Crippen LogP contribution in [-0.4, -0.2) is 27.0 Å². The molecule has 0 saturated carbocycles. The maximum Gasteiger partial charge on any atom is 0.332 e. The molecule has 0 radical (unpaired) electrons. The molecule has 2 N–H and O–H groups in total. The van der Waals surface area contributed by atoms with Crippen LogP contribution in [0.15, 0.2) is 6.33 Å². The van der Waals surface area contributed by atoms with Crippen molar-refractivity contribution in [3.8, 4) is 0 Å². The van der Waals surface area contributed by atoms with Gasteiger partial charge in [0.1, 0.15) is 6.33 Å². The van der Waals surface area contributed by atoms with Gasteiger partial charge in [0.15, 0.2) is 6.61 Å². The number of aliphatic carboxylic acids is 1. The van der Waals surface area contributed by atoms with Crippen LogP contribution in [0.25, 0.3) is 0 Å². The number of aromatic nitrogens is 2. The maximum absolute atomic E-state index is 9.93. The molecule has 1 aromatic rings. The van der Waals surface area contributed by atoms with E-state index in [9.17, 15) is 4.79 Å². The topological polar surface area (TPSA) is 84.3 Å². The second-order valence-electron chi connectivity index (χ2n) is 1.53. The molecule has 7 heteroatoms. The molecule has 1 rings (SSSR count). The summed E-state index contributed by atoms with van der Waals surface area (Å²) in [4.78, 5) is 18.1. The predicted octanol–water partition coefficient (Wildman–Crippen LogP) is -0.0338. The average Bonchev–Trinajstić information content (AvgIpc) is 2.39. The van der Waals surface area contributed by atoms with Gasteiger partial charge in [0.2, 0.25) is 5.13 Å². The first-order valence-electron chi connectivity index (χ1n) is 2.65. The lowest BCUT2D eigenvalue weighted by Crippen LogP contribution is -2.10. The molecule has 0 fully saturated rings. The summed E-state index contributed by atoms with van der Waals surface area (Å²) in [5.41, 5.74) is 2.32. The largest absolute Gasteiger partial charge is 0.479 e. The minimum Gasteiger partial charge on any atom is -0.479 e. The molecule has 0 amide bonds. The molecule has 0 aliphatic carbocycles. The molecule has 0 aliphatic rings. The molecule has 0 spiro atoms. The molecule has 1 aromatic heterocycles. The highest BCUT2D eigenvalue weighted by Gasteiger charge is 1.97. The average molecular weight is 175 g/mol. The number of nitrogens with one attached hydrogen (secondary N) is 1. The number of carbonyl (C=O) groups is 1. The summed E-state index contributed by atoms with van der Waals surface area (Å²) in [6.45, 7) is -0.403. The van der Waals surface area contributed by atoms with Crippen LogP contribution in [-0.2, 0) is 9.63 Å². The minimum absolute atomic E-state index is 0.403. The third-order valence-electron chi connectivity index (χ3n) is 0.716. The van der Waals surface area contributed by atoms with E-state index in [4.69, 9.17) is 5.11 Å². The third kappa shape index (κ3) is 2.92. The van der Waals surface area contributed by atoms with Crippen molar-refractivity contribution in [3.63, 3.8) is 0 Å². The van der Waals surface area contributed by atoms with E-state index in [0.717, 1.165) is 11.5 Å². The van der Waals surface area contributed by atoms with Crippen molar-refractivity contribution in [1.82, 2.24) is 9.36 Å². The molecule has 0 atom stereocenters. The van der Waals surface area contributed by atoms with Crippen molar-refractivity contribution in [2.24, 2.45) is 0 Å². The summed E-state index contributed by atoms with van der Waals surface area (Å²) in [5, 5.41) is 8.58.